The van der Waals surface area contributed by atoms with E-state index in [2.05, 4.69) is 50.2 Å². The lowest BCUT2D eigenvalue weighted by Gasteiger charge is -2.37. The van der Waals surface area contributed by atoms with Crippen LogP contribution in [0.1, 0.15) is 81.5 Å². The summed E-state index contributed by atoms with van der Waals surface area (Å²) in [6, 6.07) is 18.7. The summed E-state index contributed by atoms with van der Waals surface area (Å²) in [5, 5.41) is 15.8. The van der Waals surface area contributed by atoms with Crippen molar-refractivity contribution in [2.75, 3.05) is 6.54 Å². The standard InChI is InChI=1S/C24H31NO2.C4H6O4/c1-3-5-7-15-21(4-2)27-24(26)25-18-17-19-12-10-11-16-22(19)23(25)20-13-8-6-9-14-20;5-3(6)1-2-4(7)8/h6,8-14,16,21,23H,3-5,7,15,17-18H2,1-2H3;1-2H2,(H,5,6)(H,7,8). The highest BCUT2D eigenvalue weighted by atomic mass is 16.6. The normalized spacial score (nSPS) is 15.3. The van der Waals surface area contributed by atoms with Crippen molar-refractivity contribution >= 4 is 18.0 Å². The summed E-state index contributed by atoms with van der Waals surface area (Å²) in [6.45, 7) is 4.99. The molecule has 2 unspecified atom stereocenters. The SMILES string of the molecule is CCCCCC(CC)OC(=O)N1CCc2ccccc2C1c1ccccc1.O=C(O)CCC(=O)O. The number of hydrogen-bond donors (Lipinski definition) is 2. The molecule has 0 saturated carbocycles. The Morgan fingerprint density at radius 1 is 0.943 bits per heavy atom. The van der Waals surface area contributed by atoms with E-state index in [1.165, 1.54) is 24.0 Å². The van der Waals surface area contributed by atoms with E-state index in [9.17, 15) is 14.4 Å². The third-order valence-corrected chi connectivity index (χ3v) is 6.04. The van der Waals surface area contributed by atoms with E-state index in [1.807, 2.05) is 23.1 Å². The zero-order valence-corrected chi connectivity index (χ0v) is 20.7. The van der Waals surface area contributed by atoms with Crippen LogP contribution in [-0.4, -0.2) is 45.8 Å². The van der Waals surface area contributed by atoms with Gasteiger partial charge in [-0.3, -0.25) is 14.5 Å². The van der Waals surface area contributed by atoms with Crippen LogP contribution >= 0.6 is 0 Å². The van der Waals surface area contributed by atoms with E-state index in [0.717, 1.165) is 31.2 Å². The summed E-state index contributed by atoms with van der Waals surface area (Å²) < 4.78 is 5.94. The Labute approximate surface area is 207 Å². The van der Waals surface area contributed by atoms with Crippen molar-refractivity contribution in [1.82, 2.24) is 4.90 Å². The summed E-state index contributed by atoms with van der Waals surface area (Å²) in [6.07, 6.45) is 5.44. The Kier molecular flexibility index (Phi) is 11.8. The maximum absolute atomic E-state index is 13.1. The number of fused-ring (bicyclic) bond motifs is 1. The Balaban J connectivity index is 0.000000466. The monoisotopic (exact) mass is 483 g/mol. The van der Waals surface area contributed by atoms with Crippen molar-refractivity contribution in [3.63, 3.8) is 0 Å². The van der Waals surface area contributed by atoms with Crippen molar-refractivity contribution in [1.29, 1.82) is 0 Å². The Morgan fingerprint density at radius 2 is 1.57 bits per heavy atom. The van der Waals surface area contributed by atoms with E-state index >= 15 is 0 Å². The minimum absolute atomic E-state index is 0.0117. The lowest BCUT2D eigenvalue weighted by Crippen LogP contribution is -2.42. The van der Waals surface area contributed by atoms with Gasteiger partial charge in [-0.15, -0.1) is 0 Å². The smallest absolute Gasteiger partial charge is 0.410 e. The van der Waals surface area contributed by atoms with Crippen molar-refractivity contribution in [3.8, 4) is 0 Å². The quantitative estimate of drug-likeness (QED) is 0.398. The zero-order chi connectivity index (χ0) is 25.6. The van der Waals surface area contributed by atoms with Gasteiger partial charge in [-0.2, -0.15) is 0 Å². The molecule has 0 bridgehead atoms. The molecule has 0 radical (unpaired) electrons. The zero-order valence-electron chi connectivity index (χ0n) is 20.7. The average Bonchev–Trinajstić information content (AvgIpc) is 2.87. The molecule has 190 valence electrons. The first-order valence-corrected chi connectivity index (χ1v) is 12.4. The molecule has 0 aliphatic carbocycles. The maximum Gasteiger partial charge on any atom is 0.410 e. The first-order valence-electron chi connectivity index (χ1n) is 12.4. The van der Waals surface area contributed by atoms with E-state index in [1.54, 1.807) is 0 Å². The number of rotatable bonds is 10. The summed E-state index contributed by atoms with van der Waals surface area (Å²) in [5.41, 5.74) is 3.68. The van der Waals surface area contributed by atoms with Gasteiger partial charge in [0.15, 0.2) is 0 Å². The van der Waals surface area contributed by atoms with Gasteiger partial charge < -0.3 is 14.9 Å². The molecule has 2 atom stereocenters. The fourth-order valence-corrected chi connectivity index (χ4v) is 4.15. The number of carboxylic acid groups (broad SMARTS) is 2. The minimum atomic E-state index is -1.08. The number of hydrogen-bond acceptors (Lipinski definition) is 4. The van der Waals surface area contributed by atoms with Crippen LogP contribution in [0.3, 0.4) is 0 Å². The highest BCUT2D eigenvalue weighted by Crippen LogP contribution is 2.35. The number of carbonyl (C=O) groups excluding carboxylic acids is 1. The van der Waals surface area contributed by atoms with Crippen molar-refractivity contribution < 1.29 is 29.3 Å². The Hall–Kier alpha value is -3.35. The molecule has 2 aromatic rings. The van der Waals surface area contributed by atoms with Gasteiger partial charge in [-0.25, -0.2) is 4.79 Å². The topological polar surface area (TPSA) is 104 Å². The number of unbranched alkanes of at least 4 members (excludes halogenated alkanes) is 2. The summed E-state index contributed by atoms with van der Waals surface area (Å²) in [5.74, 6) is -2.15. The number of carbonyl (C=O) groups is 3. The van der Waals surface area contributed by atoms with E-state index in [0.29, 0.717) is 6.54 Å². The van der Waals surface area contributed by atoms with Crippen LogP contribution in [0.25, 0.3) is 0 Å². The molecule has 0 aromatic heterocycles. The molecule has 3 rings (SSSR count). The molecule has 35 heavy (non-hydrogen) atoms. The largest absolute Gasteiger partial charge is 0.481 e. The Morgan fingerprint density at radius 3 is 2.17 bits per heavy atom. The number of carboxylic acids is 2. The van der Waals surface area contributed by atoms with Crippen LogP contribution in [0.2, 0.25) is 0 Å². The van der Waals surface area contributed by atoms with Crippen molar-refractivity contribution in [3.05, 3.63) is 71.3 Å². The molecule has 2 aromatic carbocycles. The predicted octanol–water partition coefficient (Wildman–Crippen LogP) is 6.07. The molecular formula is C28H37NO6. The lowest BCUT2D eigenvalue weighted by atomic mass is 9.88. The van der Waals surface area contributed by atoms with Gasteiger partial charge in [0.05, 0.1) is 18.9 Å². The highest BCUT2D eigenvalue weighted by molar-refractivity contribution is 5.75. The van der Waals surface area contributed by atoms with Crippen molar-refractivity contribution in [2.45, 2.75) is 77.4 Å². The second-order valence-electron chi connectivity index (χ2n) is 8.65. The molecule has 0 fully saturated rings. The minimum Gasteiger partial charge on any atom is -0.481 e. The number of nitrogens with zero attached hydrogens (tertiary/aromatic N) is 1. The third kappa shape index (κ3) is 9.08. The molecule has 7 heteroatoms. The molecule has 1 aliphatic heterocycles. The molecule has 0 spiro atoms. The number of amides is 1. The summed E-state index contributed by atoms with van der Waals surface area (Å²) in [4.78, 5) is 34.3. The molecular weight excluding hydrogens is 446 g/mol. The molecule has 1 aliphatic rings. The van der Waals surface area contributed by atoms with Gasteiger partial charge in [0.25, 0.3) is 0 Å². The van der Waals surface area contributed by atoms with E-state index < -0.39 is 11.9 Å². The Bertz CT molecular complexity index is 931. The number of ether oxygens (including phenoxy) is 1. The van der Waals surface area contributed by atoms with Gasteiger partial charge in [-0.1, -0.05) is 81.3 Å². The van der Waals surface area contributed by atoms with Gasteiger partial charge in [0.1, 0.15) is 6.10 Å². The second-order valence-corrected chi connectivity index (χ2v) is 8.65. The van der Waals surface area contributed by atoms with Gasteiger partial charge in [0, 0.05) is 6.54 Å². The van der Waals surface area contributed by atoms with Crippen LogP contribution < -0.4 is 0 Å². The van der Waals surface area contributed by atoms with Gasteiger partial charge >= 0.3 is 18.0 Å². The molecule has 0 saturated heterocycles. The second kappa shape index (κ2) is 14.8. The average molecular weight is 484 g/mol. The molecule has 1 heterocycles. The molecule has 7 nitrogen and oxygen atoms in total. The van der Waals surface area contributed by atoms with Gasteiger partial charge in [-0.05, 0) is 42.4 Å². The van der Waals surface area contributed by atoms with Crippen LogP contribution in [0.4, 0.5) is 4.79 Å². The highest BCUT2D eigenvalue weighted by Gasteiger charge is 2.33. The summed E-state index contributed by atoms with van der Waals surface area (Å²) >= 11 is 0. The van der Waals surface area contributed by atoms with Crippen LogP contribution in [0, 0.1) is 0 Å². The van der Waals surface area contributed by atoms with Crippen LogP contribution in [0.5, 0.6) is 0 Å². The predicted molar refractivity (Wildman–Crippen MR) is 134 cm³/mol. The van der Waals surface area contributed by atoms with Gasteiger partial charge in [0.2, 0.25) is 0 Å². The summed E-state index contributed by atoms with van der Waals surface area (Å²) in [7, 11) is 0. The fourth-order valence-electron chi connectivity index (χ4n) is 4.15. The third-order valence-electron chi connectivity index (χ3n) is 6.04. The van der Waals surface area contributed by atoms with Crippen LogP contribution in [0.15, 0.2) is 54.6 Å². The molecule has 2 N–H and O–H groups in total. The number of benzene rings is 2. The maximum atomic E-state index is 13.1. The van der Waals surface area contributed by atoms with Crippen molar-refractivity contribution in [2.24, 2.45) is 0 Å². The van der Waals surface area contributed by atoms with E-state index in [4.69, 9.17) is 14.9 Å². The van der Waals surface area contributed by atoms with Crippen LogP contribution in [-0.2, 0) is 20.7 Å². The first kappa shape index (κ1) is 27.9. The van der Waals surface area contributed by atoms with E-state index in [-0.39, 0.29) is 31.1 Å². The fraction of sp³-hybridized carbons (Fsp3) is 0.464. The number of aliphatic carboxylic acids is 2. The first-order chi connectivity index (χ1) is 16.9. The molecule has 1 amide bonds. The lowest BCUT2D eigenvalue weighted by molar-refractivity contribution is -0.143.